The van der Waals surface area contributed by atoms with E-state index in [9.17, 15) is 0 Å². The lowest BCUT2D eigenvalue weighted by Gasteiger charge is -2.25. The second-order valence-corrected chi connectivity index (χ2v) is 8.30. The predicted octanol–water partition coefficient (Wildman–Crippen LogP) is 7.49. The van der Waals surface area contributed by atoms with Gasteiger partial charge in [0, 0.05) is 16.4 Å². The molecule has 1 heterocycles. The highest BCUT2D eigenvalue weighted by atomic mass is 79.9. The summed E-state index contributed by atoms with van der Waals surface area (Å²) in [5.74, 6) is 0. The average molecular weight is 464 g/mol. The Bertz CT molecular complexity index is 953. The lowest BCUT2D eigenvalue weighted by Crippen LogP contribution is -2.23. The highest BCUT2D eigenvalue weighted by Crippen LogP contribution is 2.33. The molecule has 0 spiro atoms. The van der Waals surface area contributed by atoms with Crippen LogP contribution in [0, 0.1) is 6.92 Å². The zero-order chi connectivity index (χ0) is 17.9. The smallest absolute Gasteiger partial charge is 0.190 e. The maximum absolute atomic E-state index is 6.09. The number of aromatic nitrogens is 1. The van der Waals surface area contributed by atoms with Crippen LogP contribution in [0.4, 0.5) is 5.69 Å². The lowest BCUT2D eigenvalue weighted by atomic mass is 9.95. The zero-order valence-corrected chi connectivity index (χ0v) is 18.7. The third-order valence-corrected chi connectivity index (χ3v) is 6.14. The fraction of sp³-hybridized carbons (Fsp3) is 0.318. The van der Waals surface area contributed by atoms with Gasteiger partial charge in [0.2, 0.25) is 0 Å². The molecule has 0 aliphatic heterocycles. The van der Waals surface area contributed by atoms with E-state index < -0.39 is 0 Å². The summed E-state index contributed by atoms with van der Waals surface area (Å²) in [5.41, 5.74) is 4.73. The summed E-state index contributed by atoms with van der Waals surface area (Å²) in [7, 11) is 0. The van der Waals surface area contributed by atoms with Crippen LogP contribution in [0.25, 0.3) is 11.3 Å². The van der Waals surface area contributed by atoms with Gasteiger partial charge in [-0.2, -0.15) is 0 Å². The van der Waals surface area contributed by atoms with Gasteiger partial charge in [-0.25, -0.2) is 4.99 Å². The Balaban J connectivity index is 0.00000210. The molecular formula is C22H24BrClN2S. The molecule has 2 aromatic carbocycles. The Hall–Kier alpha value is -1.36. The van der Waals surface area contributed by atoms with Crippen LogP contribution in [0.3, 0.4) is 0 Å². The summed E-state index contributed by atoms with van der Waals surface area (Å²) < 4.78 is 2.47. The number of halogens is 2. The van der Waals surface area contributed by atoms with Crippen LogP contribution in [-0.4, -0.2) is 4.57 Å². The Morgan fingerprint density at radius 2 is 1.78 bits per heavy atom. The predicted molar refractivity (Wildman–Crippen MR) is 122 cm³/mol. The summed E-state index contributed by atoms with van der Waals surface area (Å²) in [4.78, 5) is 6.09. The van der Waals surface area contributed by atoms with Crippen LogP contribution >= 0.6 is 39.9 Å². The van der Waals surface area contributed by atoms with Gasteiger partial charge in [-0.15, -0.1) is 28.3 Å². The van der Waals surface area contributed by atoms with Crippen molar-refractivity contribution < 1.29 is 0 Å². The largest absolute Gasteiger partial charge is 0.313 e. The van der Waals surface area contributed by atoms with Gasteiger partial charge >= 0.3 is 0 Å². The van der Waals surface area contributed by atoms with Gasteiger partial charge < -0.3 is 4.57 Å². The third-order valence-electron chi connectivity index (χ3n) is 5.05. The van der Waals surface area contributed by atoms with Gasteiger partial charge in [0.1, 0.15) is 0 Å². The Kier molecular flexibility index (Phi) is 6.96. The lowest BCUT2D eigenvalue weighted by molar-refractivity contribution is 0.351. The number of hydrogen-bond donors (Lipinski definition) is 0. The number of benzene rings is 2. The van der Waals surface area contributed by atoms with E-state index in [-0.39, 0.29) is 17.0 Å². The summed E-state index contributed by atoms with van der Waals surface area (Å²) in [5, 5.41) is 3.02. The highest BCUT2D eigenvalue weighted by Gasteiger charge is 2.20. The molecule has 0 atom stereocenters. The van der Waals surface area contributed by atoms with Crippen molar-refractivity contribution in [3.8, 4) is 11.3 Å². The van der Waals surface area contributed by atoms with E-state index >= 15 is 0 Å². The summed E-state index contributed by atoms with van der Waals surface area (Å²) >= 11 is 7.83. The summed E-state index contributed by atoms with van der Waals surface area (Å²) in [6.45, 7) is 2.11. The molecule has 0 N–H and O–H groups in total. The van der Waals surface area contributed by atoms with Gasteiger partial charge in [-0.05, 0) is 55.2 Å². The molecule has 27 heavy (non-hydrogen) atoms. The van der Waals surface area contributed by atoms with Crippen molar-refractivity contribution in [1.29, 1.82) is 0 Å². The van der Waals surface area contributed by atoms with Crippen molar-refractivity contribution in [2.45, 2.75) is 45.1 Å². The summed E-state index contributed by atoms with van der Waals surface area (Å²) in [6.07, 6.45) is 6.42. The van der Waals surface area contributed by atoms with E-state index in [1.807, 2.05) is 12.1 Å². The highest BCUT2D eigenvalue weighted by molar-refractivity contribution is 8.93. The molecule has 3 aromatic rings. The number of hydrogen-bond acceptors (Lipinski definition) is 2. The molecule has 142 valence electrons. The van der Waals surface area contributed by atoms with E-state index in [0.29, 0.717) is 6.04 Å². The van der Waals surface area contributed by atoms with Gasteiger partial charge in [0.05, 0.1) is 11.4 Å². The molecule has 0 radical (unpaired) electrons. The van der Waals surface area contributed by atoms with Gasteiger partial charge in [0.25, 0.3) is 0 Å². The van der Waals surface area contributed by atoms with Gasteiger partial charge in [-0.1, -0.05) is 55.1 Å². The van der Waals surface area contributed by atoms with Crippen LogP contribution in [-0.2, 0) is 0 Å². The second-order valence-electron chi connectivity index (χ2n) is 7.02. The average Bonchev–Trinajstić information content (AvgIpc) is 3.06. The molecule has 1 aliphatic rings. The van der Waals surface area contributed by atoms with Crippen molar-refractivity contribution in [3.63, 3.8) is 0 Å². The molecule has 1 saturated carbocycles. The van der Waals surface area contributed by atoms with E-state index in [2.05, 4.69) is 53.3 Å². The Morgan fingerprint density at radius 1 is 1.04 bits per heavy atom. The quantitative estimate of drug-likeness (QED) is 0.383. The first-order chi connectivity index (χ1) is 12.7. The van der Waals surface area contributed by atoms with Crippen molar-refractivity contribution in [1.82, 2.24) is 4.57 Å². The fourth-order valence-corrected chi connectivity index (χ4v) is 4.84. The standard InChI is InChI=1S/C22H23ClN2S.BrH/c1-16-6-5-7-19(14-16)24-22-25(20-8-3-2-4-9-20)21(15-26-22)17-10-12-18(23)13-11-17;/h5-7,10-15,20H,2-4,8-9H2,1H3;1H. The van der Waals surface area contributed by atoms with Crippen molar-refractivity contribution >= 4 is 45.6 Å². The van der Waals surface area contributed by atoms with E-state index in [4.69, 9.17) is 16.6 Å². The van der Waals surface area contributed by atoms with Crippen LogP contribution < -0.4 is 4.80 Å². The molecular weight excluding hydrogens is 440 g/mol. The normalized spacial score (nSPS) is 15.6. The van der Waals surface area contributed by atoms with Crippen molar-refractivity contribution in [2.75, 3.05) is 0 Å². The molecule has 0 bridgehead atoms. The summed E-state index contributed by atoms with van der Waals surface area (Å²) in [6, 6.07) is 17.1. The zero-order valence-electron chi connectivity index (χ0n) is 15.4. The molecule has 1 fully saturated rings. The van der Waals surface area contributed by atoms with Crippen LogP contribution in [0.2, 0.25) is 5.02 Å². The fourth-order valence-electron chi connectivity index (χ4n) is 3.73. The first-order valence-corrected chi connectivity index (χ1v) is 10.5. The minimum atomic E-state index is 0. The SMILES string of the molecule is Br.Cc1cccc(N=c2scc(-c3ccc(Cl)cc3)n2C2CCCCC2)c1. The second kappa shape index (κ2) is 9.22. The molecule has 2 nitrogen and oxygen atoms in total. The monoisotopic (exact) mass is 462 g/mol. The molecule has 4 rings (SSSR count). The number of thiazole rings is 1. The van der Waals surface area contributed by atoms with E-state index in [0.717, 1.165) is 15.5 Å². The topological polar surface area (TPSA) is 17.3 Å². The van der Waals surface area contributed by atoms with Gasteiger partial charge in [0.15, 0.2) is 4.80 Å². The molecule has 1 aliphatic carbocycles. The van der Waals surface area contributed by atoms with Gasteiger partial charge in [-0.3, -0.25) is 0 Å². The first-order valence-electron chi connectivity index (χ1n) is 9.28. The van der Waals surface area contributed by atoms with Crippen LogP contribution in [0.1, 0.15) is 43.7 Å². The molecule has 0 unspecified atom stereocenters. The van der Waals surface area contributed by atoms with E-state index in [1.54, 1.807) is 11.3 Å². The Morgan fingerprint density at radius 3 is 2.48 bits per heavy atom. The molecule has 5 heteroatoms. The van der Waals surface area contributed by atoms with Crippen molar-refractivity contribution in [2.24, 2.45) is 4.99 Å². The number of rotatable bonds is 3. The Labute approximate surface area is 180 Å². The van der Waals surface area contributed by atoms with Crippen LogP contribution in [0.15, 0.2) is 58.9 Å². The molecule has 0 saturated heterocycles. The number of nitrogens with zero attached hydrogens (tertiary/aromatic N) is 2. The maximum Gasteiger partial charge on any atom is 0.190 e. The third kappa shape index (κ3) is 4.74. The maximum atomic E-state index is 6.09. The van der Waals surface area contributed by atoms with E-state index in [1.165, 1.54) is 48.9 Å². The molecule has 1 aromatic heterocycles. The van der Waals surface area contributed by atoms with Crippen LogP contribution in [0.5, 0.6) is 0 Å². The minimum absolute atomic E-state index is 0. The molecule has 0 amide bonds. The minimum Gasteiger partial charge on any atom is -0.313 e. The number of aryl methyl sites for hydroxylation is 1. The van der Waals surface area contributed by atoms with Crippen molar-refractivity contribution in [3.05, 3.63) is 69.3 Å². The first kappa shape index (κ1) is 20.4.